The lowest BCUT2D eigenvalue weighted by Crippen LogP contribution is -2.16. The normalized spacial score (nSPS) is 10.8. The molecular weight excluding hydrogens is 902 g/mol. The van der Waals surface area contributed by atoms with Gasteiger partial charge in [-0.2, -0.15) is 15.5 Å². The monoisotopic (exact) mass is 959 g/mol. The quantitative estimate of drug-likeness (QED) is 0.0313. The topological polar surface area (TPSA) is 276 Å². The highest BCUT2D eigenvalue weighted by molar-refractivity contribution is 7.92. The summed E-state index contributed by atoms with van der Waals surface area (Å²) in [6.45, 7) is 15.8. The maximum Gasteiger partial charge on any atom is 0.262 e. The van der Waals surface area contributed by atoms with Crippen LogP contribution in [0.4, 0.5) is 40.2 Å². The first kappa shape index (κ1) is 53.9. The molecular formula is C46H58ClN11O6S2. The second-order valence-corrected chi connectivity index (χ2v) is 18.3. The van der Waals surface area contributed by atoms with Crippen LogP contribution in [-0.2, 0) is 29.3 Å². The lowest BCUT2D eigenvalue weighted by Gasteiger charge is -2.15. The number of nitrogens with zero attached hydrogens (tertiary/aromatic N) is 4. The predicted molar refractivity (Wildman–Crippen MR) is 265 cm³/mol. The highest BCUT2D eigenvalue weighted by atomic mass is 35.5. The number of aryl methyl sites for hydroxylation is 1. The Labute approximate surface area is 392 Å². The summed E-state index contributed by atoms with van der Waals surface area (Å²) in [5.74, 6) is 0.599. The van der Waals surface area contributed by atoms with E-state index in [2.05, 4.69) is 41.7 Å². The zero-order chi connectivity index (χ0) is 48.9. The van der Waals surface area contributed by atoms with E-state index in [-0.39, 0.29) is 20.4 Å². The zero-order valence-corrected chi connectivity index (χ0v) is 40.5. The molecule has 6 rings (SSSR count). The van der Waals surface area contributed by atoms with Crippen molar-refractivity contribution >= 4 is 82.6 Å². The van der Waals surface area contributed by atoms with Gasteiger partial charge >= 0.3 is 0 Å². The molecule has 4 aromatic carbocycles. The summed E-state index contributed by atoms with van der Waals surface area (Å²) in [6.07, 6.45) is 2.98. The SMILES string of the molecule is CC.CC.CC(C)S(=O)(=O)c1ccccc1Nc1nc(Nc2ccc(N)cc2)ncc1Cl.Cc1ccc(NS(=O)(=O)c2ccc(NCCOCCOCCN)c(C#N)c2)c2[nH]cc(C#N)c12. The molecule has 0 aliphatic rings. The van der Waals surface area contributed by atoms with Gasteiger partial charge in [0.15, 0.2) is 15.7 Å². The summed E-state index contributed by atoms with van der Waals surface area (Å²) in [5, 5.41) is 28.3. The van der Waals surface area contributed by atoms with Gasteiger partial charge in [-0.25, -0.2) is 21.8 Å². The van der Waals surface area contributed by atoms with E-state index < -0.39 is 25.1 Å². The molecule has 0 saturated heterocycles. The molecule has 0 radical (unpaired) electrons. The number of anilines is 7. The molecule has 0 bridgehead atoms. The number of aromatic nitrogens is 3. The van der Waals surface area contributed by atoms with Gasteiger partial charge in [-0.1, -0.05) is 57.5 Å². The van der Waals surface area contributed by atoms with Gasteiger partial charge in [-0.3, -0.25) is 4.72 Å². The lowest BCUT2D eigenvalue weighted by molar-refractivity contribution is 0.0548. The Balaban J connectivity index is 0.000000331. The number of fused-ring (bicyclic) bond motifs is 1. The number of sulfonamides is 1. The van der Waals surface area contributed by atoms with Crippen molar-refractivity contribution in [1.82, 2.24) is 15.0 Å². The number of rotatable bonds is 18. The Kier molecular flexibility index (Phi) is 21.6. The zero-order valence-electron chi connectivity index (χ0n) is 38.1. The number of nitrogens with one attached hydrogen (secondary N) is 5. The van der Waals surface area contributed by atoms with Gasteiger partial charge in [0.1, 0.15) is 17.2 Å². The average molecular weight is 961 g/mol. The number of ether oxygens (including phenoxy) is 2. The fourth-order valence-electron chi connectivity index (χ4n) is 5.81. The molecule has 17 nitrogen and oxygen atoms in total. The Morgan fingerprint density at radius 1 is 0.818 bits per heavy atom. The Morgan fingerprint density at radius 2 is 1.47 bits per heavy atom. The standard InChI is InChI=1S/C23H26N6O4S.C19H20ClN5O2S.2C2H6/c1-16-2-4-21(23-22(16)18(14-26)15-28-23)29-34(30,31)19-3-5-20(17(12-19)13-25)27-7-9-33-11-10-32-8-6-24;1-12(2)28(26,27)17-6-4-3-5-16(17)24-18-15(20)11-22-19(25-18)23-14-9-7-13(21)8-10-14;2*1-2/h2-5,12,15,27-29H,6-11,24H2,1H3;3-12H,21H2,1-2H3,(H2,22,23,24,25);2*1-2H3. The van der Waals surface area contributed by atoms with Gasteiger partial charge in [0, 0.05) is 36.0 Å². The number of halogens is 1. The lowest BCUT2D eigenvalue weighted by atomic mass is 10.1. The number of nitriles is 2. The molecule has 0 aliphatic heterocycles. The van der Waals surface area contributed by atoms with Gasteiger partial charge in [-0.15, -0.1) is 0 Å². The number of para-hydroxylation sites is 1. The molecule has 6 aromatic rings. The summed E-state index contributed by atoms with van der Waals surface area (Å²) < 4.78 is 64.5. The number of hydrogen-bond acceptors (Lipinski definition) is 15. The van der Waals surface area contributed by atoms with Gasteiger partial charge < -0.3 is 41.9 Å². The van der Waals surface area contributed by atoms with Crippen molar-refractivity contribution in [2.45, 2.75) is 63.5 Å². The highest BCUT2D eigenvalue weighted by Crippen LogP contribution is 2.32. The number of sulfone groups is 1. The summed E-state index contributed by atoms with van der Waals surface area (Å²) in [6, 6.07) is 25.5. The molecule has 352 valence electrons. The van der Waals surface area contributed by atoms with Crippen LogP contribution in [-0.4, -0.2) is 76.6 Å². The molecule has 0 amide bonds. The maximum absolute atomic E-state index is 13.0. The fraction of sp³-hybridized carbons (Fsp3) is 0.304. The van der Waals surface area contributed by atoms with Crippen molar-refractivity contribution in [3.8, 4) is 12.1 Å². The summed E-state index contributed by atoms with van der Waals surface area (Å²) in [4.78, 5) is 11.6. The summed E-state index contributed by atoms with van der Waals surface area (Å²) >= 11 is 6.22. The first-order chi connectivity index (χ1) is 31.7. The van der Waals surface area contributed by atoms with Crippen molar-refractivity contribution in [2.75, 3.05) is 65.9 Å². The van der Waals surface area contributed by atoms with Crippen LogP contribution in [0.25, 0.3) is 10.9 Å². The summed E-state index contributed by atoms with van der Waals surface area (Å²) in [5.41, 5.74) is 15.6. The first-order valence-corrected chi connectivity index (χ1v) is 24.5. The molecule has 9 N–H and O–H groups in total. The Morgan fingerprint density at radius 3 is 2.12 bits per heavy atom. The van der Waals surface area contributed by atoms with Crippen molar-refractivity contribution in [3.63, 3.8) is 0 Å². The first-order valence-electron chi connectivity index (χ1n) is 21.1. The minimum atomic E-state index is -3.98. The highest BCUT2D eigenvalue weighted by Gasteiger charge is 2.23. The van der Waals surface area contributed by atoms with Gasteiger partial charge in [-0.05, 0) is 87.0 Å². The third-order valence-electron chi connectivity index (χ3n) is 9.00. The second-order valence-electron chi connectivity index (χ2n) is 13.7. The van der Waals surface area contributed by atoms with Crippen molar-refractivity contribution in [2.24, 2.45) is 5.73 Å². The number of benzene rings is 4. The van der Waals surface area contributed by atoms with Crippen LogP contribution < -0.4 is 32.1 Å². The van der Waals surface area contributed by atoms with Crippen LogP contribution >= 0.6 is 11.6 Å². The fourth-order valence-corrected chi connectivity index (χ4v) is 8.25. The number of hydrogen-bond donors (Lipinski definition) is 7. The van der Waals surface area contributed by atoms with E-state index in [4.69, 9.17) is 32.5 Å². The molecule has 20 heteroatoms. The number of nitrogen functional groups attached to an aromatic ring is 1. The minimum Gasteiger partial charge on any atom is -0.399 e. The largest absolute Gasteiger partial charge is 0.399 e. The third kappa shape index (κ3) is 14.8. The third-order valence-corrected chi connectivity index (χ3v) is 12.9. The van der Waals surface area contributed by atoms with E-state index in [0.717, 1.165) is 11.3 Å². The smallest absolute Gasteiger partial charge is 0.262 e. The van der Waals surface area contributed by atoms with Crippen LogP contribution in [0.1, 0.15) is 58.2 Å². The molecule has 0 fully saturated rings. The van der Waals surface area contributed by atoms with Gasteiger partial charge in [0.2, 0.25) is 5.95 Å². The van der Waals surface area contributed by atoms with Crippen molar-refractivity contribution < 1.29 is 26.3 Å². The molecule has 0 spiro atoms. The van der Waals surface area contributed by atoms with Crippen LogP contribution in [0.3, 0.4) is 0 Å². The Bertz CT molecular complexity index is 2810. The maximum atomic E-state index is 13.0. The predicted octanol–water partition coefficient (Wildman–Crippen LogP) is 8.86. The second kappa shape index (κ2) is 26.5. The van der Waals surface area contributed by atoms with E-state index in [1.54, 1.807) is 86.8 Å². The van der Waals surface area contributed by atoms with E-state index in [0.29, 0.717) is 90.5 Å². The van der Waals surface area contributed by atoms with Crippen LogP contribution in [0, 0.1) is 29.6 Å². The average Bonchev–Trinajstić information content (AvgIpc) is 3.77. The van der Waals surface area contributed by atoms with Crippen LogP contribution in [0.15, 0.2) is 101 Å². The molecule has 66 heavy (non-hydrogen) atoms. The van der Waals surface area contributed by atoms with Crippen molar-refractivity contribution in [3.05, 3.63) is 113 Å². The molecule has 0 atom stereocenters. The number of nitrogens with two attached hydrogens (primary N) is 2. The van der Waals surface area contributed by atoms with E-state index in [1.165, 1.54) is 18.3 Å². The van der Waals surface area contributed by atoms with Crippen molar-refractivity contribution in [1.29, 1.82) is 10.5 Å². The van der Waals surface area contributed by atoms with Gasteiger partial charge in [0.25, 0.3) is 10.0 Å². The van der Waals surface area contributed by atoms with Gasteiger partial charge in [0.05, 0.1) is 81.4 Å². The molecule has 2 heterocycles. The van der Waals surface area contributed by atoms with Crippen LogP contribution in [0.2, 0.25) is 5.02 Å². The minimum absolute atomic E-state index is 0.0521. The summed E-state index contributed by atoms with van der Waals surface area (Å²) in [7, 11) is -7.46. The molecule has 2 aromatic heterocycles. The number of H-pyrrole nitrogens is 1. The van der Waals surface area contributed by atoms with E-state index in [9.17, 15) is 27.4 Å². The van der Waals surface area contributed by atoms with E-state index in [1.807, 2.05) is 40.7 Å². The van der Waals surface area contributed by atoms with Crippen LogP contribution in [0.5, 0.6) is 0 Å². The number of aromatic amines is 1. The molecule has 0 unspecified atom stereocenters. The molecule has 0 aliphatic carbocycles. The molecule has 0 saturated carbocycles. The Hall–Kier alpha value is -6.45. The van der Waals surface area contributed by atoms with E-state index >= 15 is 0 Å².